The summed E-state index contributed by atoms with van der Waals surface area (Å²) >= 11 is 1.67. The Balaban J connectivity index is 2.28. The van der Waals surface area contributed by atoms with Crippen LogP contribution < -0.4 is 0 Å². The van der Waals surface area contributed by atoms with E-state index in [-0.39, 0.29) is 5.78 Å². The maximum Gasteiger partial charge on any atom is 0.178 e. The van der Waals surface area contributed by atoms with Crippen LogP contribution in [0.25, 0.3) is 0 Å². The summed E-state index contributed by atoms with van der Waals surface area (Å²) in [7, 11) is 0. The van der Waals surface area contributed by atoms with Crippen LogP contribution in [-0.4, -0.2) is 10.5 Å². The first-order valence-corrected chi connectivity index (χ1v) is 8.65. The molecular formula is C20H24OS. The molecule has 0 aliphatic rings. The Bertz CT molecular complexity index is 631. The van der Waals surface area contributed by atoms with E-state index < -0.39 is 4.75 Å². The molecule has 1 nitrogen and oxygen atoms in total. The van der Waals surface area contributed by atoms with Gasteiger partial charge in [0.1, 0.15) is 0 Å². The molecule has 2 heteroatoms. The highest BCUT2D eigenvalue weighted by Crippen LogP contribution is 2.39. The molecular weight excluding hydrogens is 288 g/mol. The fourth-order valence-corrected chi connectivity index (χ4v) is 3.75. The molecule has 0 radical (unpaired) electrons. The van der Waals surface area contributed by atoms with Crippen LogP contribution in [0.5, 0.6) is 0 Å². The Kier molecular flexibility index (Phi) is 5.47. The molecule has 0 aliphatic carbocycles. The monoisotopic (exact) mass is 312 g/mol. The number of carbonyl (C=O) groups is 1. The lowest BCUT2D eigenvalue weighted by atomic mass is 9.99. The van der Waals surface area contributed by atoms with Crippen LogP contribution in [0.4, 0.5) is 0 Å². The summed E-state index contributed by atoms with van der Waals surface area (Å²) in [5, 5.41) is 0. The van der Waals surface area contributed by atoms with E-state index in [9.17, 15) is 4.79 Å². The molecule has 0 aliphatic heterocycles. The third-order valence-corrected chi connectivity index (χ3v) is 5.30. The number of ketones is 1. The van der Waals surface area contributed by atoms with Crippen molar-refractivity contribution in [2.24, 2.45) is 0 Å². The van der Waals surface area contributed by atoms with Crippen molar-refractivity contribution < 1.29 is 4.79 Å². The predicted octanol–water partition coefficient (Wildman–Crippen LogP) is 5.95. The van der Waals surface area contributed by atoms with E-state index in [1.807, 2.05) is 44.2 Å². The Labute approximate surface area is 138 Å². The molecule has 0 fully saturated rings. The Morgan fingerprint density at radius 1 is 1.05 bits per heavy atom. The topological polar surface area (TPSA) is 17.1 Å². The molecule has 0 amide bonds. The fourth-order valence-electron chi connectivity index (χ4n) is 2.46. The second-order valence-electron chi connectivity index (χ2n) is 6.15. The fraction of sp³-hybridized carbons (Fsp3) is 0.350. The summed E-state index contributed by atoms with van der Waals surface area (Å²) in [5.74, 6) is 0.684. The van der Waals surface area contributed by atoms with Crippen molar-refractivity contribution in [2.45, 2.75) is 49.7 Å². The number of hydrogen-bond donors (Lipinski definition) is 0. The molecule has 0 heterocycles. The Morgan fingerprint density at radius 2 is 1.64 bits per heavy atom. The van der Waals surface area contributed by atoms with Crippen molar-refractivity contribution in [1.29, 1.82) is 0 Å². The van der Waals surface area contributed by atoms with Crippen molar-refractivity contribution in [1.82, 2.24) is 0 Å². The SMILES string of the molecule is CCC(C)c1ccccc1SC(C)(C)C(=O)c1ccccc1. The number of thioether (sulfide) groups is 1. The first-order valence-electron chi connectivity index (χ1n) is 7.83. The first-order chi connectivity index (χ1) is 10.5. The highest BCUT2D eigenvalue weighted by atomic mass is 32.2. The zero-order valence-corrected chi connectivity index (χ0v) is 14.6. The van der Waals surface area contributed by atoms with Crippen LogP contribution >= 0.6 is 11.8 Å². The lowest BCUT2D eigenvalue weighted by Gasteiger charge is -2.25. The number of hydrogen-bond acceptors (Lipinski definition) is 2. The maximum absolute atomic E-state index is 12.8. The van der Waals surface area contributed by atoms with Gasteiger partial charge in [-0.1, -0.05) is 62.4 Å². The van der Waals surface area contributed by atoms with Crippen molar-refractivity contribution in [3.8, 4) is 0 Å². The maximum atomic E-state index is 12.8. The number of Topliss-reactive ketones (excluding diaryl/α,β-unsaturated/α-hetero) is 1. The largest absolute Gasteiger partial charge is 0.293 e. The average molecular weight is 312 g/mol. The van der Waals surface area contributed by atoms with Crippen LogP contribution in [0, 0.1) is 0 Å². The van der Waals surface area contributed by atoms with E-state index in [2.05, 4.69) is 38.1 Å². The summed E-state index contributed by atoms with van der Waals surface area (Å²) in [4.78, 5) is 14.0. The molecule has 1 atom stereocenters. The van der Waals surface area contributed by atoms with E-state index in [1.54, 1.807) is 11.8 Å². The number of rotatable bonds is 6. The van der Waals surface area contributed by atoms with Crippen LogP contribution in [-0.2, 0) is 0 Å². The molecule has 0 aromatic heterocycles. The van der Waals surface area contributed by atoms with Gasteiger partial charge in [0.2, 0.25) is 0 Å². The van der Waals surface area contributed by atoms with E-state index in [1.165, 1.54) is 10.5 Å². The van der Waals surface area contributed by atoms with Crippen molar-refractivity contribution in [3.63, 3.8) is 0 Å². The molecule has 116 valence electrons. The van der Waals surface area contributed by atoms with Gasteiger partial charge in [0, 0.05) is 10.5 Å². The Morgan fingerprint density at radius 3 is 2.27 bits per heavy atom. The van der Waals surface area contributed by atoms with Gasteiger partial charge in [-0.25, -0.2) is 0 Å². The van der Waals surface area contributed by atoms with Gasteiger partial charge in [0.25, 0.3) is 0 Å². The lowest BCUT2D eigenvalue weighted by molar-refractivity contribution is 0.0958. The van der Waals surface area contributed by atoms with Gasteiger partial charge in [0.15, 0.2) is 5.78 Å². The first kappa shape index (κ1) is 16.8. The van der Waals surface area contributed by atoms with Crippen LogP contribution in [0.1, 0.15) is 56.0 Å². The predicted molar refractivity (Wildman–Crippen MR) is 95.9 cm³/mol. The Hall–Kier alpha value is -1.54. The van der Waals surface area contributed by atoms with Crippen molar-refractivity contribution >= 4 is 17.5 Å². The molecule has 22 heavy (non-hydrogen) atoms. The summed E-state index contributed by atoms with van der Waals surface area (Å²) in [6.45, 7) is 8.47. The third-order valence-electron chi connectivity index (χ3n) is 4.01. The van der Waals surface area contributed by atoms with Crippen LogP contribution in [0.15, 0.2) is 59.5 Å². The smallest absolute Gasteiger partial charge is 0.178 e. The van der Waals surface area contributed by atoms with Gasteiger partial charge in [-0.3, -0.25) is 4.79 Å². The zero-order valence-electron chi connectivity index (χ0n) is 13.8. The second kappa shape index (κ2) is 7.15. The van der Waals surface area contributed by atoms with E-state index in [0.29, 0.717) is 5.92 Å². The minimum absolute atomic E-state index is 0.178. The summed E-state index contributed by atoms with van der Waals surface area (Å²) < 4.78 is -0.481. The van der Waals surface area contributed by atoms with Crippen molar-refractivity contribution in [3.05, 3.63) is 65.7 Å². The molecule has 0 bridgehead atoms. The highest BCUT2D eigenvalue weighted by molar-refractivity contribution is 8.01. The molecule has 2 rings (SSSR count). The summed E-state index contributed by atoms with van der Waals surface area (Å²) in [6, 6.07) is 18.0. The van der Waals surface area contributed by atoms with Gasteiger partial charge < -0.3 is 0 Å². The van der Waals surface area contributed by atoms with E-state index >= 15 is 0 Å². The molecule has 0 saturated carbocycles. The zero-order chi connectivity index (χ0) is 16.2. The van der Waals surface area contributed by atoms with Gasteiger partial charge in [-0.2, -0.15) is 0 Å². The standard InChI is InChI=1S/C20H24OS/c1-5-15(2)17-13-9-10-14-18(17)22-20(3,4)19(21)16-11-7-6-8-12-16/h6-15H,5H2,1-4H3. The molecule has 0 N–H and O–H groups in total. The molecule has 0 spiro atoms. The summed E-state index contributed by atoms with van der Waals surface area (Å²) in [5.41, 5.74) is 2.12. The quantitative estimate of drug-likeness (QED) is 0.484. The average Bonchev–Trinajstić information content (AvgIpc) is 2.54. The van der Waals surface area contributed by atoms with E-state index in [4.69, 9.17) is 0 Å². The van der Waals surface area contributed by atoms with E-state index in [0.717, 1.165) is 12.0 Å². The molecule has 0 saturated heterocycles. The number of carbonyl (C=O) groups excluding carboxylic acids is 1. The van der Waals surface area contributed by atoms with Gasteiger partial charge in [-0.15, -0.1) is 11.8 Å². The highest BCUT2D eigenvalue weighted by Gasteiger charge is 2.30. The molecule has 1 unspecified atom stereocenters. The molecule has 2 aromatic carbocycles. The normalized spacial score (nSPS) is 12.9. The lowest BCUT2D eigenvalue weighted by Crippen LogP contribution is -2.28. The van der Waals surface area contributed by atoms with Gasteiger partial charge >= 0.3 is 0 Å². The van der Waals surface area contributed by atoms with Gasteiger partial charge in [-0.05, 0) is 37.8 Å². The second-order valence-corrected chi connectivity index (χ2v) is 7.82. The van der Waals surface area contributed by atoms with Crippen LogP contribution in [0.2, 0.25) is 0 Å². The third kappa shape index (κ3) is 3.80. The minimum Gasteiger partial charge on any atom is -0.293 e. The molecule has 2 aromatic rings. The van der Waals surface area contributed by atoms with Crippen LogP contribution in [0.3, 0.4) is 0 Å². The van der Waals surface area contributed by atoms with Crippen molar-refractivity contribution in [2.75, 3.05) is 0 Å². The van der Waals surface area contributed by atoms with Gasteiger partial charge in [0.05, 0.1) is 4.75 Å². The number of benzene rings is 2. The summed E-state index contributed by atoms with van der Waals surface area (Å²) in [6.07, 6.45) is 1.10. The minimum atomic E-state index is -0.481.